The van der Waals surface area contributed by atoms with Crippen LogP contribution < -0.4 is 10.2 Å². The third kappa shape index (κ3) is 4.64. The fourth-order valence-electron chi connectivity index (χ4n) is 3.23. The highest BCUT2D eigenvalue weighted by Gasteiger charge is 2.21. The number of benzene rings is 1. The molecule has 0 unspecified atom stereocenters. The molecule has 1 amide bonds. The van der Waals surface area contributed by atoms with E-state index < -0.39 is 11.6 Å². The molecule has 10 heteroatoms. The van der Waals surface area contributed by atoms with Gasteiger partial charge in [0.15, 0.2) is 22.4 Å². The molecule has 29 heavy (non-hydrogen) atoms. The van der Waals surface area contributed by atoms with E-state index in [0.717, 1.165) is 41.5 Å². The summed E-state index contributed by atoms with van der Waals surface area (Å²) in [5, 5.41) is 4.17. The molecule has 4 rings (SSSR count). The van der Waals surface area contributed by atoms with Crippen LogP contribution in [0.1, 0.15) is 19.8 Å². The molecule has 1 atom stereocenters. The van der Waals surface area contributed by atoms with Crippen molar-refractivity contribution in [1.82, 2.24) is 15.0 Å². The van der Waals surface area contributed by atoms with Gasteiger partial charge in [0.05, 0.1) is 5.75 Å². The summed E-state index contributed by atoms with van der Waals surface area (Å²) >= 11 is 2.80. The van der Waals surface area contributed by atoms with Crippen LogP contribution in [-0.2, 0) is 4.79 Å². The van der Waals surface area contributed by atoms with E-state index in [9.17, 15) is 13.6 Å². The first-order valence-electron chi connectivity index (χ1n) is 9.24. The van der Waals surface area contributed by atoms with E-state index in [2.05, 4.69) is 32.1 Å². The molecule has 1 fully saturated rings. The zero-order valence-electron chi connectivity index (χ0n) is 15.7. The Hall–Kier alpha value is -2.33. The summed E-state index contributed by atoms with van der Waals surface area (Å²) in [5.74, 6) is -1.57. The first-order valence-corrected chi connectivity index (χ1v) is 11.0. The highest BCUT2D eigenvalue weighted by molar-refractivity contribution is 8.00. The number of carbonyl (C=O) groups is 1. The van der Waals surface area contributed by atoms with Crippen LogP contribution in [-0.4, -0.2) is 39.7 Å². The summed E-state index contributed by atoms with van der Waals surface area (Å²) in [6.07, 6.45) is 3.82. The van der Waals surface area contributed by atoms with Gasteiger partial charge < -0.3 is 10.2 Å². The number of rotatable bonds is 5. The second kappa shape index (κ2) is 8.58. The number of halogens is 2. The SMILES string of the molecule is C[C@H]1CCCN(c2nc3ncnc(SCC(=O)Nc4ccc(F)c(F)c4)c3s2)C1. The summed E-state index contributed by atoms with van der Waals surface area (Å²) in [7, 11) is 0. The number of hydrogen-bond donors (Lipinski definition) is 1. The van der Waals surface area contributed by atoms with Crippen LogP contribution in [0.3, 0.4) is 0 Å². The molecule has 152 valence electrons. The lowest BCUT2D eigenvalue weighted by Crippen LogP contribution is -2.34. The Morgan fingerprint density at radius 3 is 3.00 bits per heavy atom. The number of fused-ring (bicyclic) bond motifs is 1. The minimum Gasteiger partial charge on any atom is -0.348 e. The molecular weight excluding hydrogens is 416 g/mol. The summed E-state index contributed by atoms with van der Waals surface area (Å²) in [6, 6.07) is 3.25. The van der Waals surface area contributed by atoms with Gasteiger partial charge in [0.2, 0.25) is 5.91 Å². The van der Waals surface area contributed by atoms with Crippen molar-refractivity contribution in [3.63, 3.8) is 0 Å². The van der Waals surface area contributed by atoms with Gasteiger partial charge in [0, 0.05) is 24.8 Å². The Kier molecular flexibility index (Phi) is 5.91. The van der Waals surface area contributed by atoms with Crippen LogP contribution in [0, 0.1) is 17.6 Å². The maximum atomic E-state index is 13.3. The number of amides is 1. The maximum Gasteiger partial charge on any atom is 0.234 e. The van der Waals surface area contributed by atoms with E-state index in [4.69, 9.17) is 0 Å². The first kappa shape index (κ1) is 20.0. The van der Waals surface area contributed by atoms with Crippen molar-refractivity contribution in [3.8, 4) is 0 Å². The average molecular weight is 436 g/mol. The third-order valence-corrected chi connectivity index (χ3v) is 6.85. The lowest BCUT2D eigenvalue weighted by Gasteiger charge is -2.30. The zero-order chi connectivity index (χ0) is 20.4. The van der Waals surface area contributed by atoms with E-state index in [-0.39, 0.29) is 17.3 Å². The first-order chi connectivity index (χ1) is 14.0. The predicted octanol–water partition coefficient (Wildman–Crippen LogP) is 4.33. The van der Waals surface area contributed by atoms with Crippen LogP contribution in [0.4, 0.5) is 19.6 Å². The van der Waals surface area contributed by atoms with Crippen molar-refractivity contribution >= 4 is 50.2 Å². The Morgan fingerprint density at radius 2 is 2.21 bits per heavy atom. The molecule has 0 radical (unpaired) electrons. The van der Waals surface area contributed by atoms with Gasteiger partial charge in [-0.3, -0.25) is 4.79 Å². The number of piperidine rings is 1. The highest BCUT2D eigenvalue weighted by atomic mass is 32.2. The second-order valence-electron chi connectivity index (χ2n) is 6.99. The molecule has 1 N–H and O–H groups in total. The topological polar surface area (TPSA) is 71.0 Å². The molecule has 3 heterocycles. The summed E-state index contributed by atoms with van der Waals surface area (Å²) in [4.78, 5) is 27.7. The smallest absolute Gasteiger partial charge is 0.234 e. The van der Waals surface area contributed by atoms with Gasteiger partial charge in [-0.2, -0.15) is 4.98 Å². The van der Waals surface area contributed by atoms with Gasteiger partial charge in [-0.15, -0.1) is 0 Å². The van der Waals surface area contributed by atoms with Crippen molar-refractivity contribution < 1.29 is 13.6 Å². The number of aromatic nitrogens is 3. The lowest BCUT2D eigenvalue weighted by molar-refractivity contribution is -0.113. The van der Waals surface area contributed by atoms with Crippen LogP contribution in [0.25, 0.3) is 10.3 Å². The molecule has 1 aliphatic heterocycles. The third-order valence-electron chi connectivity index (χ3n) is 4.62. The fourth-order valence-corrected chi connectivity index (χ4v) is 5.15. The average Bonchev–Trinajstić information content (AvgIpc) is 3.14. The Morgan fingerprint density at radius 1 is 1.34 bits per heavy atom. The molecule has 1 aliphatic rings. The predicted molar refractivity (Wildman–Crippen MR) is 112 cm³/mol. The Bertz CT molecular complexity index is 1040. The highest BCUT2D eigenvalue weighted by Crippen LogP contribution is 2.35. The zero-order valence-corrected chi connectivity index (χ0v) is 17.3. The van der Waals surface area contributed by atoms with Gasteiger partial charge >= 0.3 is 0 Å². The minimum atomic E-state index is -1.00. The summed E-state index contributed by atoms with van der Waals surface area (Å²) in [6.45, 7) is 4.20. The van der Waals surface area contributed by atoms with Crippen molar-refractivity contribution in [1.29, 1.82) is 0 Å². The van der Waals surface area contributed by atoms with Crippen LogP contribution in [0.2, 0.25) is 0 Å². The van der Waals surface area contributed by atoms with Crippen molar-refractivity contribution in [2.75, 3.05) is 29.1 Å². The standard InChI is InChI=1S/C19H19F2N5OS2/c1-11-3-2-6-26(8-11)19-25-17-16(29-19)18(23-10-22-17)28-9-15(27)24-12-4-5-13(20)14(21)7-12/h4-5,7,10-11H,2-3,6,8-9H2,1H3,(H,24,27)/t11-/m0/s1. The molecule has 0 bridgehead atoms. The van der Waals surface area contributed by atoms with Crippen molar-refractivity contribution in [2.24, 2.45) is 5.92 Å². The van der Waals surface area contributed by atoms with Gasteiger partial charge in [-0.1, -0.05) is 30.0 Å². The molecule has 3 aromatic rings. The molecular formula is C19H19F2N5OS2. The van der Waals surface area contributed by atoms with Crippen LogP contribution in [0.15, 0.2) is 29.6 Å². The summed E-state index contributed by atoms with van der Waals surface area (Å²) in [5.41, 5.74) is 0.836. The Labute approximate surface area is 174 Å². The van der Waals surface area contributed by atoms with E-state index in [1.165, 1.54) is 41.9 Å². The minimum absolute atomic E-state index is 0.0824. The van der Waals surface area contributed by atoms with Gasteiger partial charge in [0.25, 0.3) is 0 Å². The normalized spacial score (nSPS) is 16.9. The molecule has 2 aromatic heterocycles. The molecule has 1 saturated heterocycles. The van der Waals surface area contributed by atoms with E-state index in [0.29, 0.717) is 16.6 Å². The molecule has 0 spiro atoms. The Balaban J connectivity index is 1.44. The van der Waals surface area contributed by atoms with Crippen LogP contribution in [0.5, 0.6) is 0 Å². The molecule has 0 aliphatic carbocycles. The lowest BCUT2D eigenvalue weighted by atomic mass is 10.0. The second-order valence-corrected chi connectivity index (χ2v) is 8.93. The number of thiazole rings is 1. The maximum absolute atomic E-state index is 13.3. The quantitative estimate of drug-likeness (QED) is 0.475. The van der Waals surface area contributed by atoms with E-state index in [1.54, 1.807) is 0 Å². The van der Waals surface area contributed by atoms with E-state index >= 15 is 0 Å². The van der Waals surface area contributed by atoms with Gasteiger partial charge in [0.1, 0.15) is 16.1 Å². The van der Waals surface area contributed by atoms with E-state index in [1.807, 2.05) is 0 Å². The number of hydrogen-bond acceptors (Lipinski definition) is 7. The van der Waals surface area contributed by atoms with Crippen LogP contribution >= 0.6 is 23.1 Å². The molecule has 1 aromatic carbocycles. The summed E-state index contributed by atoms with van der Waals surface area (Å²) < 4.78 is 27.1. The largest absolute Gasteiger partial charge is 0.348 e. The fraction of sp³-hybridized carbons (Fsp3) is 0.368. The number of nitrogens with one attached hydrogen (secondary N) is 1. The molecule has 0 saturated carbocycles. The van der Waals surface area contributed by atoms with Gasteiger partial charge in [-0.25, -0.2) is 18.7 Å². The van der Waals surface area contributed by atoms with Crippen molar-refractivity contribution in [3.05, 3.63) is 36.2 Å². The van der Waals surface area contributed by atoms with Crippen molar-refractivity contribution in [2.45, 2.75) is 24.8 Å². The molecule has 6 nitrogen and oxygen atoms in total. The number of nitrogens with zero attached hydrogens (tertiary/aromatic N) is 4. The number of thioether (sulfide) groups is 1. The number of carbonyl (C=O) groups excluding carboxylic acids is 1. The number of anilines is 2. The van der Waals surface area contributed by atoms with Gasteiger partial charge in [-0.05, 0) is 30.9 Å². The monoisotopic (exact) mass is 435 g/mol.